The van der Waals surface area contributed by atoms with E-state index in [-0.39, 0.29) is 23.4 Å². The number of amides is 2. The van der Waals surface area contributed by atoms with Crippen molar-refractivity contribution in [1.82, 2.24) is 20.2 Å². The lowest BCUT2D eigenvalue weighted by molar-refractivity contribution is -0.136. The van der Waals surface area contributed by atoms with Crippen molar-refractivity contribution in [3.63, 3.8) is 0 Å². The van der Waals surface area contributed by atoms with Crippen molar-refractivity contribution in [2.75, 3.05) is 39.4 Å². The van der Waals surface area contributed by atoms with Gasteiger partial charge in [0.15, 0.2) is 0 Å². The molecule has 2 aliphatic heterocycles. The number of ether oxygens (including phenoxy) is 1. The molecule has 1 aromatic rings. The normalized spacial score (nSPS) is 22.4. The van der Waals surface area contributed by atoms with Crippen molar-refractivity contribution < 1.29 is 14.3 Å². The van der Waals surface area contributed by atoms with Crippen LogP contribution in [0.3, 0.4) is 0 Å². The van der Waals surface area contributed by atoms with E-state index in [4.69, 9.17) is 10.5 Å². The number of nitrogens with one attached hydrogen (secondary N) is 1. The Morgan fingerprint density at radius 1 is 1.28 bits per heavy atom. The van der Waals surface area contributed by atoms with Crippen molar-refractivity contribution in [3.8, 4) is 0 Å². The second-order valence-electron chi connectivity index (χ2n) is 6.71. The molecule has 0 spiro atoms. The fourth-order valence-corrected chi connectivity index (χ4v) is 3.41. The Morgan fingerprint density at radius 3 is 2.76 bits per heavy atom. The lowest BCUT2D eigenvalue weighted by Gasteiger charge is -2.30. The van der Waals surface area contributed by atoms with Gasteiger partial charge in [-0.2, -0.15) is 0 Å². The fourth-order valence-electron chi connectivity index (χ4n) is 3.41. The Kier molecular flexibility index (Phi) is 5.93. The van der Waals surface area contributed by atoms with Crippen molar-refractivity contribution in [3.05, 3.63) is 23.8 Å². The number of nitrogens with two attached hydrogens (primary N) is 1. The van der Waals surface area contributed by atoms with Gasteiger partial charge in [0.25, 0.3) is 5.91 Å². The van der Waals surface area contributed by atoms with Crippen molar-refractivity contribution in [2.24, 2.45) is 17.6 Å². The molecule has 8 nitrogen and oxygen atoms in total. The summed E-state index contributed by atoms with van der Waals surface area (Å²) in [6.45, 7) is 4.29. The third-order valence-corrected chi connectivity index (χ3v) is 4.79. The van der Waals surface area contributed by atoms with Gasteiger partial charge >= 0.3 is 0 Å². The summed E-state index contributed by atoms with van der Waals surface area (Å²) < 4.78 is 5.68. The molecule has 1 atom stereocenters. The highest BCUT2D eigenvalue weighted by Crippen LogP contribution is 2.19. The highest BCUT2D eigenvalue weighted by Gasteiger charge is 2.29. The quantitative estimate of drug-likeness (QED) is 0.766. The van der Waals surface area contributed by atoms with E-state index in [9.17, 15) is 9.59 Å². The molecule has 3 rings (SSSR count). The largest absolute Gasteiger partial charge is 0.379 e. The first-order valence-corrected chi connectivity index (χ1v) is 8.81. The summed E-state index contributed by atoms with van der Waals surface area (Å²) in [5, 5.41) is 3.30. The van der Waals surface area contributed by atoms with Crippen LogP contribution < -0.4 is 11.1 Å². The van der Waals surface area contributed by atoms with Gasteiger partial charge in [-0.1, -0.05) is 0 Å². The van der Waals surface area contributed by atoms with Crippen LogP contribution in [-0.2, 0) is 16.0 Å². The lowest BCUT2D eigenvalue weighted by Crippen LogP contribution is -2.43. The summed E-state index contributed by atoms with van der Waals surface area (Å²) in [5.41, 5.74) is 6.11. The molecular weight excluding hydrogens is 322 g/mol. The van der Waals surface area contributed by atoms with Crippen LogP contribution in [0.4, 0.5) is 0 Å². The second kappa shape index (κ2) is 8.35. The van der Waals surface area contributed by atoms with Gasteiger partial charge in [0, 0.05) is 31.1 Å². The van der Waals surface area contributed by atoms with Crippen molar-refractivity contribution >= 4 is 11.8 Å². The van der Waals surface area contributed by atoms with E-state index < -0.39 is 5.91 Å². The topological polar surface area (TPSA) is 110 Å². The molecule has 0 unspecified atom stereocenters. The summed E-state index contributed by atoms with van der Waals surface area (Å²) in [6.07, 6.45) is 5.43. The standard InChI is InChI=1S/C17H25N5O3/c18-16(23)15-9-20-14(8-21-15)7-12-10-22(5-6-25-11-12)17(24)13-1-3-19-4-2-13/h8-9,12-13,19H,1-7,10-11H2,(H2,18,23)/t12-/m0/s1. The van der Waals surface area contributed by atoms with Gasteiger partial charge in [0.1, 0.15) is 5.69 Å². The SMILES string of the molecule is NC(=O)c1cnc(C[C@@H]2COCCN(C(=O)C3CCNCC3)C2)cn1. The van der Waals surface area contributed by atoms with Gasteiger partial charge in [-0.05, 0) is 32.4 Å². The van der Waals surface area contributed by atoms with Crippen molar-refractivity contribution in [1.29, 1.82) is 0 Å². The minimum Gasteiger partial charge on any atom is -0.379 e. The molecule has 3 heterocycles. The zero-order chi connectivity index (χ0) is 17.6. The maximum Gasteiger partial charge on any atom is 0.268 e. The molecule has 2 fully saturated rings. The molecule has 2 saturated heterocycles. The molecule has 3 N–H and O–H groups in total. The molecule has 0 bridgehead atoms. The average molecular weight is 347 g/mol. The molecule has 0 aromatic carbocycles. The van der Waals surface area contributed by atoms with Gasteiger partial charge < -0.3 is 20.7 Å². The highest BCUT2D eigenvalue weighted by molar-refractivity contribution is 5.90. The number of primary amides is 1. The zero-order valence-electron chi connectivity index (χ0n) is 14.3. The van der Waals surface area contributed by atoms with Crippen LogP contribution >= 0.6 is 0 Å². The van der Waals surface area contributed by atoms with Crippen LogP contribution in [0.25, 0.3) is 0 Å². The third kappa shape index (κ3) is 4.73. The number of carbonyl (C=O) groups is 2. The fraction of sp³-hybridized carbons (Fsp3) is 0.647. The summed E-state index contributed by atoms with van der Waals surface area (Å²) in [6, 6.07) is 0. The molecule has 25 heavy (non-hydrogen) atoms. The van der Waals surface area contributed by atoms with Gasteiger partial charge in [-0.3, -0.25) is 14.6 Å². The van der Waals surface area contributed by atoms with Crippen LogP contribution in [-0.4, -0.2) is 66.1 Å². The molecular formula is C17H25N5O3. The number of hydrogen-bond acceptors (Lipinski definition) is 6. The van der Waals surface area contributed by atoms with Crippen LogP contribution in [0.1, 0.15) is 29.0 Å². The smallest absolute Gasteiger partial charge is 0.268 e. The molecule has 0 aliphatic carbocycles. The van der Waals surface area contributed by atoms with E-state index in [1.807, 2.05) is 4.90 Å². The first-order valence-electron chi connectivity index (χ1n) is 8.81. The second-order valence-corrected chi connectivity index (χ2v) is 6.71. The molecule has 0 saturated carbocycles. The van der Waals surface area contributed by atoms with Gasteiger partial charge in [0.2, 0.25) is 5.91 Å². The molecule has 2 aliphatic rings. The number of nitrogens with zero attached hydrogens (tertiary/aromatic N) is 3. The molecule has 136 valence electrons. The Hall–Kier alpha value is -2.06. The Labute approximate surface area is 147 Å². The van der Waals surface area contributed by atoms with Crippen LogP contribution in [0, 0.1) is 11.8 Å². The van der Waals surface area contributed by atoms with E-state index in [0.29, 0.717) is 32.7 Å². The predicted octanol–water partition coefficient (Wildman–Crippen LogP) is -0.407. The Morgan fingerprint density at radius 2 is 2.08 bits per heavy atom. The Balaban J connectivity index is 1.61. The number of hydrogen-bond donors (Lipinski definition) is 2. The van der Waals surface area contributed by atoms with Crippen LogP contribution in [0.2, 0.25) is 0 Å². The molecule has 8 heteroatoms. The first-order chi connectivity index (χ1) is 12.1. The number of piperidine rings is 1. The van der Waals surface area contributed by atoms with Gasteiger partial charge in [0.05, 0.1) is 25.1 Å². The molecule has 2 amide bonds. The van der Waals surface area contributed by atoms with Gasteiger partial charge in [-0.25, -0.2) is 4.98 Å². The average Bonchev–Trinajstić information content (AvgIpc) is 2.88. The van der Waals surface area contributed by atoms with Gasteiger partial charge in [-0.15, -0.1) is 0 Å². The minimum absolute atomic E-state index is 0.120. The van der Waals surface area contributed by atoms with E-state index in [2.05, 4.69) is 15.3 Å². The van der Waals surface area contributed by atoms with Crippen LogP contribution in [0.5, 0.6) is 0 Å². The predicted molar refractivity (Wildman–Crippen MR) is 90.7 cm³/mol. The minimum atomic E-state index is -0.587. The number of rotatable bonds is 4. The van der Waals surface area contributed by atoms with E-state index in [1.54, 1.807) is 6.20 Å². The summed E-state index contributed by atoms with van der Waals surface area (Å²) >= 11 is 0. The number of carbonyl (C=O) groups excluding carboxylic acids is 2. The summed E-state index contributed by atoms with van der Waals surface area (Å²) in [5.74, 6) is -0.0562. The lowest BCUT2D eigenvalue weighted by atomic mass is 9.95. The molecule has 0 radical (unpaired) electrons. The van der Waals surface area contributed by atoms with E-state index in [1.165, 1.54) is 6.20 Å². The zero-order valence-corrected chi connectivity index (χ0v) is 14.3. The van der Waals surface area contributed by atoms with E-state index in [0.717, 1.165) is 31.6 Å². The Bertz CT molecular complexity index is 601. The number of aromatic nitrogens is 2. The summed E-state index contributed by atoms with van der Waals surface area (Å²) in [7, 11) is 0. The highest BCUT2D eigenvalue weighted by atomic mass is 16.5. The summed E-state index contributed by atoms with van der Waals surface area (Å²) in [4.78, 5) is 34.1. The van der Waals surface area contributed by atoms with Crippen LogP contribution in [0.15, 0.2) is 12.4 Å². The maximum atomic E-state index is 12.8. The first kappa shape index (κ1) is 17.8. The van der Waals surface area contributed by atoms with Crippen molar-refractivity contribution in [2.45, 2.75) is 19.3 Å². The monoisotopic (exact) mass is 347 g/mol. The molecule has 1 aromatic heterocycles. The maximum absolute atomic E-state index is 12.8. The third-order valence-electron chi connectivity index (χ3n) is 4.79. The van der Waals surface area contributed by atoms with E-state index >= 15 is 0 Å².